The minimum Gasteiger partial charge on any atom is -0.311 e. The topological polar surface area (TPSA) is 63.5 Å². The Kier molecular flexibility index (Phi) is 2.98. The Morgan fingerprint density at radius 3 is 2.52 bits per heavy atom. The first-order valence-corrected chi connectivity index (χ1v) is 7.77. The predicted octanol–water partition coefficient (Wildman–Crippen LogP) is 3.22. The standard InChI is InChI=1S/C18H16N2O3/c21-17(18(9-10-18)14-4-2-1-3-5-14)19-11-8-13-6-7-15(20(22)23)12-16(13)19/h1-7,12H,8-11H2. The summed E-state index contributed by atoms with van der Waals surface area (Å²) in [6, 6.07) is 14.6. The monoisotopic (exact) mass is 308 g/mol. The lowest BCUT2D eigenvalue weighted by Crippen LogP contribution is -2.38. The number of benzene rings is 2. The van der Waals surface area contributed by atoms with Crippen LogP contribution in [0.3, 0.4) is 0 Å². The van der Waals surface area contributed by atoms with Crippen LogP contribution in [0.5, 0.6) is 0 Å². The molecule has 0 radical (unpaired) electrons. The average Bonchev–Trinajstić information content (AvgIpc) is 3.28. The SMILES string of the molecule is O=C(N1CCc2ccc([N+](=O)[O-])cc21)C1(c2ccccc2)CC1. The van der Waals surface area contributed by atoms with Crippen LogP contribution in [0.15, 0.2) is 48.5 Å². The number of anilines is 1. The maximum Gasteiger partial charge on any atom is 0.271 e. The second-order valence-corrected chi connectivity index (χ2v) is 6.23. The summed E-state index contributed by atoms with van der Waals surface area (Å²) in [4.78, 5) is 25.5. The van der Waals surface area contributed by atoms with Crippen molar-refractivity contribution >= 4 is 17.3 Å². The number of carbonyl (C=O) groups excluding carboxylic acids is 1. The normalized spacial score (nSPS) is 17.7. The summed E-state index contributed by atoms with van der Waals surface area (Å²) < 4.78 is 0. The quantitative estimate of drug-likeness (QED) is 0.646. The summed E-state index contributed by atoms with van der Waals surface area (Å²) >= 11 is 0. The van der Waals surface area contributed by atoms with E-state index in [1.165, 1.54) is 12.1 Å². The van der Waals surface area contributed by atoms with E-state index >= 15 is 0 Å². The first-order valence-electron chi connectivity index (χ1n) is 7.77. The molecule has 1 amide bonds. The van der Waals surface area contributed by atoms with Gasteiger partial charge in [-0.2, -0.15) is 0 Å². The summed E-state index contributed by atoms with van der Waals surface area (Å²) in [6.45, 7) is 0.601. The van der Waals surface area contributed by atoms with Crippen LogP contribution in [0.2, 0.25) is 0 Å². The molecule has 4 rings (SSSR count). The molecule has 0 N–H and O–H groups in total. The molecule has 0 bridgehead atoms. The largest absolute Gasteiger partial charge is 0.311 e. The Morgan fingerprint density at radius 1 is 1.13 bits per heavy atom. The van der Waals surface area contributed by atoms with E-state index in [1.807, 2.05) is 30.3 Å². The van der Waals surface area contributed by atoms with Crippen molar-refractivity contribution in [3.63, 3.8) is 0 Å². The van der Waals surface area contributed by atoms with Crippen molar-refractivity contribution in [3.8, 4) is 0 Å². The smallest absolute Gasteiger partial charge is 0.271 e. The van der Waals surface area contributed by atoms with E-state index in [-0.39, 0.29) is 11.6 Å². The first kappa shape index (κ1) is 13.9. The minimum atomic E-state index is -0.437. The molecule has 1 aliphatic heterocycles. The molecule has 1 saturated carbocycles. The molecule has 0 atom stereocenters. The van der Waals surface area contributed by atoms with Gasteiger partial charge in [0.15, 0.2) is 0 Å². The fourth-order valence-corrected chi connectivity index (χ4v) is 3.46. The summed E-state index contributed by atoms with van der Waals surface area (Å²) in [7, 11) is 0. The van der Waals surface area contributed by atoms with E-state index in [9.17, 15) is 14.9 Å². The number of carbonyl (C=O) groups is 1. The molecular weight excluding hydrogens is 292 g/mol. The maximum atomic E-state index is 13.1. The molecule has 2 aliphatic rings. The van der Waals surface area contributed by atoms with Gasteiger partial charge < -0.3 is 4.90 Å². The zero-order valence-electron chi connectivity index (χ0n) is 12.6. The zero-order chi connectivity index (χ0) is 16.0. The van der Waals surface area contributed by atoms with Crippen LogP contribution < -0.4 is 4.90 Å². The fourth-order valence-electron chi connectivity index (χ4n) is 3.46. The van der Waals surface area contributed by atoms with Crippen LogP contribution in [-0.2, 0) is 16.6 Å². The van der Waals surface area contributed by atoms with Crippen LogP contribution in [0, 0.1) is 10.1 Å². The molecule has 1 aliphatic carbocycles. The fraction of sp³-hybridized carbons (Fsp3) is 0.278. The number of rotatable bonds is 3. The molecule has 2 aromatic carbocycles. The van der Waals surface area contributed by atoms with Gasteiger partial charge in [-0.25, -0.2) is 0 Å². The van der Waals surface area contributed by atoms with Gasteiger partial charge in [0.1, 0.15) is 0 Å². The molecule has 23 heavy (non-hydrogen) atoms. The van der Waals surface area contributed by atoms with E-state index in [2.05, 4.69) is 0 Å². The maximum absolute atomic E-state index is 13.1. The van der Waals surface area contributed by atoms with E-state index < -0.39 is 10.3 Å². The van der Waals surface area contributed by atoms with Crippen molar-refractivity contribution in [3.05, 3.63) is 69.8 Å². The number of nitro benzene ring substituents is 1. The molecule has 0 unspecified atom stereocenters. The second-order valence-electron chi connectivity index (χ2n) is 6.23. The van der Waals surface area contributed by atoms with Crippen LogP contribution in [0.1, 0.15) is 24.0 Å². The van der Waals surface area contributed by atoms with Crippen molar-refractivity contribution in [1.82, 2.24) is 0 Å². The Bertz CT molecular complexity index is 797. The van der Waals surface area contributed by atoms with Crippen LogP contribution in [0.4, 0.5) is 11.4 Å². The Morgan fingerprint density at radius 2 is 1.87 bits per heavy atom. The van der Waals surface area contributed by atoms with E-state index in [4.69, 9.17) is 0 Å². The number of amides is 1. The van der Waals surface area contributed by atoms with Gasteiger partial charge in [0.05, 0.1) is 16.0 Å². The number of fused-ring (bicyclic) bond motifs is 1. The molecule has 0 aromatic heterocycles. The van der Waals surface area contributed by atoms with Gasteiger partial charge in [-0.1, -0.05) is 36.4 Å². The Labute approximate surface area is 133 Å². The average molecular weight is 308 g/mol. The third-order valence-electron chi connectivity index (χ3n) is 4.91. The van der Waals surface area contributed by atoms with E-state index in [0.717, 1.165) is 30.4 Å². The molecule has 0 spiro atoms. The van der Waals surface area contributed by atoms with Gasteiger partial charge >= 0.3 is 0 Å². The second kappa shape index (κ2) is 4.91. The Hall–Kier alpha value is -2.69. The molecule has 116 valence electrons. The highest BCUT2D eigenvalue weighted by molar-refractivity contribution is 6.04. The summed E-state index contributed by atoms with van der Waals surface area (Å²) in [5, 5.41) is 11.0. The molecule has 5 heteroatoms. The lowest BCUT2D eigenvalue weighted by Gasteiger charge is -2.24. The lowest BCUT2D eigenvalue weighted by atomic mass is 9.94. The summed E-state index contributed by atoms with van der Waals surface area (Å²) in [5.74, 6) is 0.0722. The molecular formula is C18H16N2O3. The number of non-ortho nitro benzene ring substituents is 1. The lowest BCUT2D eigenvalue weighted by molar-refractivity contribution is -0.384. The highest BCUT2D eigenvalue weighted by Crippen LogP contribution is 2.51. The van der Waals surface area contributed by atoms with Crippen LogP contribution in [0.25, 0.3) is 0 Å². The molecule has 0 saturated heterocycles. The number of hydrogen-bond acceptors (Lipinski definition) is 3. The van der Waals surface area contributed by atoms with E-state index in [0.29, 0.717) is 12.2 Å². The molecule has 5 nitrogen and oxygen atoms in total. The van der Waals surface area contributed by atoms with Gasteiger partial charge in [-0.3, -0.25) is 14.9 Å². The van der Waals surface area contributed by atoms with Gasteiger partial charge in [0.2, 0.25) is 5.91 Å². The van der Waals surface area contributed by atoms with Gasteiger partial charge in [0.25, 0.3) is 5.69 Å². The summed E-state index contributed by atoms with van der Waals surface area (Å²) in [5.41, 5.74) is 2.35. The highest BCUT2D eigenvalue weighted by Gasteiger charge is 2.53. The van der Waals surface area contributed by atoms with Crippen LogP contribution >= 0.6 is 0 Å². The van der Waals surface area contributed by atoms with Gasteiger partial charge in [-0.05, 0) is 30.4 Å². The molecule has 1 fully saturated rings. The number of nitrogens with zero attached hydrogens (tertiary/aromatic N) is 2. The van der Waals surface area contributed by atoms with Crippen molar-refractivity contribution in [2.24, 2.45) is 0 Å². The minimum absolute atomic E-state index is 0.0352. The van der Waals surface area contributed by atoms with Crippen molar-refractivity contribution in [2.45, 2.75) is 24.7 Å². The number of nitro groups is 1. The molecule has 1 heterocycles. The third-order valence-corrected chi connectivity index (χ3v) is 4.91. The summed E-state index contributed by atoms with van der Waals surface area (Å²) in [6.07, 6.45) is 2.44. The van der Waals surface area contributed by atoms with Crippen molar-refractivity contribution < 1.29 is 9.72 Å². The van der Waals surface area contributed by atoms with Crippen molar-refractivity contribution in [1.29, 1.82) is 0 Å². The van der Waals surface area contributed by atoms with Crippen LogP contribution in [-0.4, -0.2) is 17.4 Å². The van der Waals surface area contributed by atoms with Gasteiger partial charge in [-0.15, -0.1) is 0 Å². The molecule has 2 aromatic rings. The first-order chi connectivity index (χ1) is 11.1. The Balaban J connectivity index is 1.70. The zero-order valence-corrected chi connectivity index (χ0v) is 12.6. The van der Waals surface area contributed by atoms with E-state index in [1.54, 1.807) is 11.0 Å². The van der Waals surface area contributed by atoms with Crippen molar-refractivity contribution in [2.75, 3.05) is 11.4 Å². The van der Waals surface area contributed by atoms with Gasteiger partial charge in [0, 0.05) is 18.7 Å². The predicted molar refractivity (Wildman–Crippen MR) is 86.5 cm³/mol. The third kappa shape index (κ3) is 2.11. The highest BCUT2D eigenvalue weighted by atomic mass is 16.6. The number of hydrogen-bond donors (Lipinski definition) is 0.